The van der Waals surface area contributed by atoms with Gasteiger partial charge in [0.15, 0.2) is 11.5 Å². The lowest BCUT2D eigenvalue weighted by Gasteiger charge is -2.20. The third kappa shape index (κ3) is 1.79. The molecule has 5 heteroatoms. The third-order valence-electron chi connectivity index (χ3n) is 3.85. The smallest absolute Gasteiger partial charge is 0.231 e. The number of rotatable bonds is 2. The molecular weight excluding hydrogens is 232 g/mol. The molecule has 98 valence electrons. The summed E-state index contributed by atoms with van der Waals surface area (Å²) in [6, 6.07) is 3.73. The Balaban J connectivity index is 1.92. The molecule has 2 aliphatic rings. The monoisotopic (exact) mass is 250 g/mol. The second-order valence-corrected chi connectivity index (χ2v) is 5.06. The zero-order valence-electron chi connectivity index (χ0n) is 10.4. The first-order valence-electron chi connectivity index (χ1n) is 6.22. The Morgan fingerprint density at radius 1 is 1.39 bits per heavy atom. The van der Waals surface area contributed by atoms with E-state index in [4.69, 9.17) is 15.2 Å². The van der Waals surface area contributed by atoms with Crippen molar-refractivity contribution in [3.63, 3.8) is 0 Å². The van der Waals surface area contributed by atoms with Crippen LogP contribution in [0.2, 0.25) is 0 Å². The number of hydrogen-bond acceptors (Lipinski definition) is 5. The first-order valence-corrected chi connectivity index (χ1v) is 6.22. The number of hydrogen-bond donors (Lipinski definition) is 2. The van der Waals surface area contributed by atoms with E-state index in [0.29, 0.717) is 24.0 Å². The molecule has 3 N–H and O–H groups in total. The lowest BCUT2D eigenvalue weighted by atomic mass is 9.98. The molecule has 2 unspecified atom stereocenters. The van der Waals surface area contributed by atoms with Crippen molar-refractivity contribution in [1.82, 2.24) is 4.90 Å². The van der Waals surface area contributed by atoms with E-state index in [2.05, 4.69) is 11.9 Å². The number of phenols is 1. The van der Waals surface area contributed by atoms with Crippen molar-refractivity contribution in [2.24, 2.45) is 11.7 Å². The number of phenolic OH excluding ortho intramolecular Hbond substituents is 1. The van der Waals surface area contributed by atoms with Crippen molar-refractivity contribution >= 4 is 0 Å². The molecule has 3 rings (SSSR count). The maximum Gasteiger partial charge on any atom is 0.231 e. The molecular formula is C13H18N2O3. The van der Waals surface area contributed by atoms with E-state index < -0.39 is 0 Å². The van der Waals surface area contributed by atoms with Crippen LogP contribution in [0.3, 0.4) is 0 Å². The summed E-state index contributed by atoms with van der Waals surface area (Å²) in [6.07, 6.45) is 0.972. The molecule has 0 saturated carbocycles. The van der Waals surface area contributed by atoms with Crippen LogP contribution >= 0.6 is 0 Å². The second kappa shape index (κ2) is 4.33. The number of nitrogens with zero attached hydrogens (tertiary/aromatic N) is 1. The predicted molar refractivity (Wildman–Crippen MR) is 66.8 cm³/mol. The Hall–Kier alpha value is -1.46. The Bertz CT molecular complexity index is 464. The summed E-state index contributed by atoms with van der Waals surface area (Å²) in [5.74, 6) is 2.10. The summed E-state index contributed by atoms with van der Waals surface area (Å²) >= 11 is 0. The minimum absolute atomic E-state index is 0.202. The molecule has 0 amide bonds. The summed E-state index contributed by atoms with van der Waals surface area (Å²) in [7, 11) is 2.06. The van der Waals surface area contributed by atoms with Gasteiger partial charge in [0.1, 0.15) is 5.75 Å². The minimum Gasteiger partial charge on any atom is -0.507 e. The second-order valence-electron chi connectivity index (χ2n) is 5.06. The Kier molecular flexibility index (Phi) is 2.80. The van der Waals surface area contributed by atoms with E-state index in [1.807, 2.05) is 6.07 Å². The Labute approximate surface area is 106 Å². The Morgan fingerprint density at radius 2 is 2.11 bits per heavy atom. The number of ether oxygens (including phenoxy) is 2. The van der Waals surface area contributed by atoms with Gasteiger partial charge in [-0.3, -0.25) is 4.90 Å². The number of nitrogens with two attached hydrogens (primary N) is 1. The maximum absolute atomic E-state index is 10.1. The molecule has 2 aliphatic heterocycles. The molecule has 2 heterocycles. The van der Waals surface area contributed by atoms with Gasteiger partial charge in [-0.05, 0) is 32.0 Å². The molecule has 18 heavy (non-hydrogen) atoms. The van der Waals surface area contributed by atoms with E-state index in [0.717, 1.165) is 18.5 Å². The quantitative estimate of drug-likeness (QED) is 0.822. The zero-order valence-corrected chi connectivity index (χ0v) is 10.4. The van der Waals surface area contributed by atoms with Gasteiger partial charge in [0.2, 0.25) is 6.79 Å². The molecule has 0 radical (unpaired) electrons. The average molecular weight is 250 g/mol. The van der Waals surface area contributed by atoms with Crippen LogP contribution in [0.15, 0.2) is 12.1 Å². The maximum atomic E-state index is 10.1. The van der Waals surface area contributed by atoms with E-state index in [1.54, 1.807) is 6.07 Å². The average Bonchev–Trinajstić information content (AvgIpc) is 2.93. The summed E-state index contributed by atoms with van der Waals surface area (Å²) in [5.41, 5.74) is 6.63. The zero-order chi connectivity index (χ0) is 12.7. The van der Waals surface area contributed by atoms with Crippen LogP contribution in [0.1, 0.15) is 18.0 Å². The Morgan fingerprint density at radius 3 is 2.78 bits per heavy atom. The molecule has 1 aromatic rings. The highest BCUT2D eigenvalue weighted by molar-refractivity contribution is 5.52. The first-order chi connectivity index (χ1) is 8.69. The van der Waals surface area contributed by atoms with Gasteiger partial charge in [-0.15, -0.1) is 0 Å². The largest absolute Gasteiger partial charge is 0.507 e. The molecule has 0 aliphatic carbocycles. The molecule has 0 aromatic heterocycles. The fourth-order valence-electron chi connectivity index (χ4n) is 2.85. The normalized spacial score (nSPS) is 26.8. The van der Waals surface area contributed by atoms with Gasteiger partial charge in [-0.2, -0.15) is 0 Å². The van der Waals surface area contributed by atoms with Crippen molar-refractivity contribution in [3.8, 4) is 17.2 Å². The van der Waals surface area contributed by atoms with Gasteiger partial charge in [-0.1, -0.05) is 0 Å². The van der Waals surface area contributed by atoms with E-state index in [1.165, 1.54) is 0 Å². The third-order valence-corrected chi connectivity index (χ3v) is 3.85. The number of benzene rings is 1. The van der Waals surface area contributed by atoms with Crippen molar-refractivity contribution in [2.45, 2.75) is 12.5 Å². The molecule has 5 nitrogen and oxygen atoms in total. The van der Waals surface area contributed by atoms with Gasteiger partial charge in [0.25, 0.3) is 0 Å². The lowest BCUT2D eigenvalue weighted by Crippen LogP contribution is -2.20. The van der Waals surface area contributed by atoms with Gasteiger partial charge >= 0.3 is 0 Å². The highest BCUT2D eigenvalue weighted by atomic mass is 16.7. The van der Waals surface area contributed by atoms with Crippen LogP contribution < -0.4 is 15.2 Å². The summed E-state index contributed by atoms with van der Waals surface area (Å²) in [4.78, 5) is 2.23. The molecule has 1 fully saturated rings. The molecule has 1 saturated heterocycles. The van der Waals surface area contributed by atoms with Crippen LogP contribution in [0.5, 0.6) is 17.2 Å². The van der Waals surface area contributed by atoms with Crippen molar-refractivity contribution < 1.29 is 14.6 Å². The lowest BCUT2D eigenvalue weighted by molar-refractivity contribution is 0.173. The van der Waals surface area contributed by atoms with Crippen molar-refractivity contribution in [2.75, 3.05) is 26.9 Å². The van der Waals surface area contributed by atoms with Crippen LogP contribution in [0.25, 0.3) is 0 Å². The van der Waals surface area contributed by atoms with Crippen LogP contribution in [0.4, 0.5) is 0 Å². The first kappa shape index (κ1) is 11.6. The molecule has 1 aromatic carbocycles. The standard InChI is InChI=1S/C13H18N2O3/c1-15-6-8(5-14)2-10(15)9-3-12-13(4-11(9)16)18-7-17-12/h3-4,8,10,16H,2,5-7,14H2,1H3. The van der Waals surface area contributed by atoms with E-state index in [9.17, 15) is 5.11 Å². The minimum atomic E-state index is 0.202. The summed E-state index contributed by atoms with van der Waals surface area (Å²) in [5, 5.41) is 10.1. The van der Waals surface area contributed by atoms with Crippen LogP contribution in [-0.2, 0) is 0 Å². The van der Waals surface area contributed by atoms with Gasteiger partial charge in [-0.25, -0.2) is 0 Å². The van der Waals surface area contributed by atoms with E-state index >= 15 is 0 Å². The highest BCUT2D eigenvalue weighted by Crippen LogP contribution is 2.44. The topological polar surface area (TPSA) is 68.0 Å². The molecule has 2 atom stereocenters. The van der Waals surface area contributed by atoms with Gasteiger partial charge < -0.3 is 20.3 Å². The van der Waals surface area contributed by atoms with Crippen LogP contribution in [-0.4, -0.2) is 36.9 Å². The number of fused-ring (bicyclic) bond motifs is 1. The SMILES string of the molecule is CN1CC(CN)CC1c1cc2c(cc1O)OCO2. The molecule has 0 spiro atoms. The van der Waals surface area contributed by atoms with Crippen molar-refractivity contribution in [3.05, 3.63) is 17.7 Å². The fourth-order valence-corrected chi connectivity index (χ4v) is 2.85. The van der Waals surface area contributed by atoms with Crippen LogP contribution in [0, 0.1) is 5.92 Å². The van der Waals surface area contributed by atoms with E-state index in [-0.39, 0.29) is 18.6 Å². The van der Waals surface area contributed by atoms with Gasteiger partial charge in [0.05, 0.1) is 0 Å². The fraction of sp³-hybridized carbons (Fsp3) is 0.538. The predicted octanol–water partition coefficient (Wildman–Crippen LogP) is 1.07. The summed E-state index contributed by atoms with van der Waals surface area (Å²) < 4.78 is 10.6. The summed E-state index contributed by atoms with van der Waals surface area (Å²) in [6.45, 7) is 1.88. The highest BCUT2D eigenvalue weighted by Gasteiger charge is 2.32. The number of likely N-dealkylation sites (tertiary alicyclic amines) is 1. The van der Waals surface area contributed by atoms with Gasteiger partial charge in [0, 0.05) is 24.2 Å². The van der Waals surface area contributed by atoms with Crippen molar-refractivity contribution in [1.29, 1.82) is 0 Å². The number of aromatic hydroxyl groups is 1. The molecule has 0 bridgehead atoms.